The van der Waals surface area contributed by atoms with Crippen molar-refractivity contribution in [2.45, 2.75) is 49.3 Å². The lowest BCUT2D eigenvalue weighted by atomic mass is 9.98. The van der Waals surface area contributed by atoms with Gasteiger partial charge in [0, 0.05) is 54.0 Å². The van der Waals surface area contributed by atoms with E-state index in [1.54, 1.807) is 17.0 Å². The summed E-state index contributed by atoms with van der Waals surface area (Å²) >= 11 is 0. The number of carbonyl (C=O) groups excluding carboxylic acids is 1. The largest absolute Gasteiger partial charge is 0.391 e. The summed E-state index contributed by atoms with van der Waals surface area (Å²) in [5.74, 6) is -0.161. The summed E-state index contributed by atoms with van der Waals surface area (Å²) in [6.07, 6.45) is 0.762. The molecule has 3 aliphatic heterocycles. The lowest BCUT2D eigenvalue weighted by molar-refractivity contribution is -0.153. The molecule has 0 spiro atoms. The molecule has 3 aliphatic rings. The van der Waals surface area contributed by atoms with E-state index in [0.717, 1.165) is 27.8 Å². The number of carbonyl (C=O) groups is 1. The highest BCUT2D eigenvalue weighted by molar-refractivity contribution is 7.89. The predicted octanol–water partition coefficient (Wildman–Crippen LogP) is 2.81. The third-order valence-electron chi connectivity index (χ3n) is 8.07. The highest BCUT2D eigenvalue weighted by Gasteiger charge is 2.47. The summed E-state index contributed by atoms with van der Waals surface area (Å²) in [5, 5.41) is 11.2. The standard InChI is InChI=1S/C28H34N4O5S/c1-28(2)18-37-14-13-31(28)27(34)26-10-12-32(26)38(35,36)21-7-8-25(30-11-9-20(33)17-30)22(16-21)24-15-19-5-3-4-6-23(19)29-24/h3-8,15-16,20,26,29,33H,9-14,17-18H2,1-2H3/t20-,26-/m0/s1. The number of aromatic amines is 1. The van der Waals surface area contributed by atoms with E-state index in [-0.39, 0.29) is 10.8 Å². The minimum Gasteiger partial charge on any atom is -0.391 e. The molecule has 38 heavy (non-hydrogen) atoms. The van der Waals surface area contributed by atoms with Gasteiger partial charge in [-0.3, -0.25) is 4.79 Å². The number of rotatable bonds is 5. The number of H-pyrrole nitrogens is 1. The van der Waals surface area contributed by atoms with Crippen LogP contribution in [0.2, 0.25) is 0 Å². The number of hydrogen-bond acceptors (Lipinski definition) is 6. The minimum atomic E-state index is -3.91. The SMILES string of the molecule is CC1(C)COCCN1C(=O)[C@@H]1CCN1S(=O)(=O)c1ccc(N2CC[C@H](O)C2)c(-c2cc3ccccc3[nH]2)c1. The average molecular weight is 539 g/mol. The topological polar surface area (TPSA) is 106 Å². The van der Waals surface area contributed by atoms with E-state index < -0.39 is 27.7 Å². The van der Waals surface area contributed by atoms with E-state index >= 15 is 0 Å². The second-order valence-corrected chi connectivity index (χ2v) is 13.0. The molecular weight excluding hydrogens is 504 g/mol. The molecule has 6 rings (SSSR count). The number of morpholine rings is 1. The van der Waals surface area contributed by atoms with E-state index in [0.29, 0.717) is 52.2 Å². The quantitative estimate of drug-likeness (QED) is 0.518. The van der Waals surface area contributed by atoms with Crippen LogP contribution in [0.25, 0.3) is 22.2 Å². The van der Waals surface area contributed by atoms with Crippen LogP contribution in [0.1, 0.15) is 26.7 Å². The van der Waals surface area contributed by atoms with Gasteiger partial charge in [-0.2, -0.15) is 4.31 Å². The number of fused-ring (bicyclic) bond motifs is 1. The van der Waals surface area contributed by atoms with E-state index in [1.807, 2.05) is 50.2 Å². The second kappa shape index (κ2) is 9.37. The number of nitrogens with one attached hydrogen (secondary N) is 1. The van der Waals surface area contributed by atoms with E-state index in [1.165, 1.54) is 4.31 Å². The number of sulfonamides is 1. The van der Waals surface area contributed by atoms with Gasteiger partial charge < -0.3 is 24.6 Å². The van der Waals surface area contributed by atoms with E-state index in [2.05, 4.69) is 9.88 Å². The number of aromatic nitrogens is 1. The third kappa shape index (κ3) is 4.29. The number of aliphatic hydroxyl groups is 1. The molecule has 3 aromatic rings. The van der Waals surface area contributed by atoms with Gasteiger partial charge in [0.05, 0.1) is 29.8 Å². The fourth-order valence-corrected chi connectivity index (χ4v) is 7.48. The highest BCUT2D eigenvalue weighted by Crippen LogP contribution is 2.38. The number of benzene rings is 2. The van der Waals surface area contributed by atoms with Gasteiger partial charge >= 0.3 is 0 Å². The molecule has 9 nitrogen and oxygen atoms in total. The predicted molar refractivity (Wildman–Crippen MR) is 145 cm³/mol. The molecule has 1 amide bonds. The zero-order valence-electron chi connectivity index (χ0n) is 21.8. The van der Waals surface area contributed by atoms with Gasteiger partial charge in [0.2, 0.25) is 15.9 Å². The Morgan fingerprint density at radius 2 is 1.89 bits per heavy atom. The molecule has 0 radical (unpaired) electrons. The number of β-amino-alcohol motifs (C(OH)–C–C–N with tert-alkyl or cyclic N) is 1. The highest BCUT2D eigenvalue weighted by atomic mass is 32.2. The first-order valence-electron chi connectivity index (χ1n) is 13.2. The Balaban J connectivity index is 1.36. The fourth-order valence-electron chi connectivity index (χ4n) is 5.83. The zero-order valence-corrected chi connectivity index (χ0v) is 22.6. The van der Waals surface area contributed by atoms with Gasteiger partial charge in [0.25, 0.3) is 0 Å². The molecular formula is C28H34N4O5S. The Morgan fingerprint density at radius 1 is 1.08 bits per heavy atom. The number of ether oxygens (including phenoxy) is 1. The summed E-state index contributed by atoms with van der Waals surface area (Å²) in [7, 11) is -3.91. The molecule has 3 fully saturated rings. The van der Waals surface area contributed by atoms with Gasteiger partial charge in [-0.1, -0.05) is 18.2 Å². The Labute approximate surface area is 223 Å². The summed E-state index contributed by atoms with van der Waals surface area (Å²) in [6, 6.07) is 14.4. The number of para-hydroxylation sites is 1. The fraction of sp³-hybridized carbons (Fsp3) is 0.464. The molecule has 0 aliphatic carbocycles. The Kier molecular flexibility index (Phi) is 6.26. The van der Waals surface area contributed by atoms with Crippen molar-refractivity contribution in [1.82, 2.24) is 14.2 Å². The number of anilines is 1. The summed E-state index contributed by atoms with van der Waals surface area (Å²) in [6.45, 7) is 6.73. The lowest BCUT2D eigenvalue weighted by Crippen LogP contribution is -2.64. The molecule has 10 heteroatoms. The monoisotopic (exact) mass is 538 g/mol. The first kappa shape index (κ1) is 25.4. The zero-order chi connectivity index (χ0) is 26.7. The maximum atomic E-state index is 13.9. The molecule has 0 bridgehead atoms. The summed E-state index contributed by atoms with van der Waals surface area (Å²) in [5.41, 5.74) is 2.92. The van der Waals surface area contributed by atoms with Gasteiger partial charge in [-0.25, -0.2) is 8.42 Å². The minimum absolute atomic E-state index is 0.161. The molecule has 202 valence electrons. The summed E-state index contributed by atoms with van der Waals surface area (Å²) < 4.78 is 34.6. The molecule has 0 saturated carbocycles. The lowest BCUT2D eigenvalue weighted by Gasteiger charge is -2.47. The average Bonchev–Trinajstić information content (AvgIpc) is 3.48. The van der Waals surface area contributed by atoms with Crippen LogP contribution < -0.4 is 4.90 Å². The van der Waals surface area contributed by atoms with Gasteiger partial charge in [0.1, 0.15) is 6.04 Å². The van der Waals surface area contributed by atoms with Crippen LogP contribution in [0.4, 0.5) is 5.69 Å². The number of aliphatic hydroxyl groups excluding tert-OH is 1. The van der Waals surface area contributed by atoms with E-state index in [9.17, 15) is 18.3 Å². The molecule has 1 aromatic heterocycles. The maximum absolute atomic E-state index is 13.9. The number of amides is 1. The smallest absolute Gasteiger partial charge is 0.243 e. The molecule has 2 aromatic carbocycles. The van der Waals surface area contributed by atoms with Crippen LogP contribution in [-0.2, 0) is 19.6 Å². The Hall–Kier alpha value is -2.92. The maximum Gasteiger partial charge on any atom is 0.243 e. The van der Waals surface area contributed by atoms with Crippen LogP contribution >= 0.6 is 0 Å². The number of nitrogens with zero attached hydrogens (tertiary/aromatic N) is 3. The normalized spacial score (nSPS) is 24.1. The molecule has 3 saturated heterocycles. The molecule has 4 heterocycles. The molecule has 2 atom stereocenters. The van der Waals surface area contributed by atoms with Gasteiger partial charge in [-0.05, 0) is 57.0 Å². The van der Waals surface area contributed by atoms with Crippen molar-refractivity contribution >= 4 is 32.5 Å². The van der Waals surface area contributed by atoms with Crippen molar-refractivity contribution in [2.75, 3.05) is 44.3 Å². The van der Waals surface area contributed by atoms with Crippen LogP contribution in [0.3, 0.4) is 0 Å². The molecule has 2 N–H and O–H groups in total. The molecule has 0 unspecified atom stereocenters. The van der Waals surface area contributed by atoms with Crippen LogP contribution in [0, 0.1) is 0 Å². The summed E-state index contributed by atoms with van der Waals surface area (Å²) in [4.78, 5) is 20.9. The first-order valence-corrected chi connectivity index (χ1v) is 14.7. The Bertz CT molecular complexity index is 1450. The van der Waals surface area contributed by atoms with Crippen molar-refractivity contribution in [3.05, 3.63) is 48.5 Å². The van der Waals surface area contributed by atoms with E-state index in [4.69, 9.17) is 4.74 Å². The second-order valence-electron chi connectivity index (χ2n) is 11.1. The van der Waals surface area contributed by atoms with Crippen molar-refractivity contribution in [3.63, 3.8) is 0 Å². The van der Waals surface area contributed by atoms with Gasteiger partial charge in [0.15, 0.2) is 0 Å². The number of hydrogen-bond donors (Lipinski definition) is 2. The first-order chi connectivity index (χ1) is 18.1. The van der Waals surface area contributed by atoms with Crippen LogP contribution in [0.15, 0.2) is 53.4 Å². The third-order valence-corrected chi connectivity index (χ3v) is 9.97. The van der Waals surface area contributed by atoms with Crippen LogP contribution in [0.5, 0.6) is 0 Å². The van der Waals surface area contributed by atoms with Crippen molar-refractivity contribution < 1.29 is 23.1 Å². The van der Waals surface area contributed by atoms with Gasteiger partial charge in [-0.15, -0.1) is 0 Å². The van der Waals surface area contributed by atoms with Crippen molar-refractivity contribution in [3.8, 4) is 11.3 Å². The van der Waals surface area contributed by atoms with Crippen molar-refractivity contribution in [1.29, 1.82) is 0 Å². The van der Waals surface area contributed by atoms with Crippen molar-refractivity contribution in [2.24, 2.45) is 0 Å². The van der Waals surface area contributed by atoms with Crippen LogP contribution in [-0.4, -0.2) is 90.7 Å². The Morgan fingerprint density at radius 3 is 2.58 bits per heavy atom.